The molecule has 0 spiro atoms. The van der Waals surface area contributed by atoms with Crippen LogP contribution in [-0.2, 0) is 0 Å². The highest BCUT2D eigenvalue weighted by molar-refractivity contribution is 5.39. The van der Waals surface area contributed by atoms with Gasteiger partial charge in [0.05, 0.1) is 12.6 Å². The molecule has 3 nitrogen and oxygen atoms in total. The predicted octanol–water partition coefficient (Wildman–Crippen LogP) is 3.48. The zero-order valence-electron chi connectivity index (χ0n) is 12.4. The number of halogens is 1. The van der Waals surface area contributed by atoms with Gasteiger partial charge in [-0.15, -0.1) is 0 Å². The van der Waals surface area contributed by atoms with Gasteiger partial charge in [-0.3, -0.25) is 5.84 Å². The van der Waals surface area contributed by atoms with Gasteiger partial charge in [0.1, 0.15) is 11.6 Å². The Balaban J connectivity index is 2.26. The molecule has 21 heavy (non-hydrogen) atoms. The van der Waals surface area contributed by atoms with Crippen LogP contribution in [0.25, 0.3) is 0 Å². The molecular weight excluding hydrogens is 267 g/mol. The molecule has 0 fully saturated rings. The number of aryl methyl sites for hydroxylation is 1. The van der Waals surface area contributed by atoms with Crippen molar-refractivity contribution in [1.82, 2.24) is 5.43 Å². The van der Waals surface area contributed by atoms with Crippen LogP contribution in [-0.4, -0.2) is 6.61 Å². The van der Waals surface area contributed by atoms with E-state index in [1.807, 2.05) is 31.2 Å². The Bertz CT molecular complexity index is 584. The summed E-state index contributed by atoms with van der Waals surface area (Å²) in [5, 5.41) is 0. The lowest BCUT2D eigenvalue weighted by atomic mass is 9.95. The Hall–Kier alpha value is -1.91. The summed E-state index contributed by atoms with van der Waals surface area (Å²) in [6.07, 6.45) is 0.969. The van der Waals surface area contributed by atoms with Crippen LogP contribution in [0.15, 0.2) is 42.5 Å². The van der Waals surface area contributed by atoms with Crippen molar-refractivity contribution in [3.05, 3.63) is 65.0 Å². The van der Waals surface area contributed by atoms with E-state index < -0.39 is 0 Å². The quantitative estimate of drug-likeness (QED) is 0.632. The third-order valence-electron chi connectivity index (χ3n) is 3.41. The largest absolute Gasteiger partial charge is 0.494 e. The van der Waals surface area contributed by atoms with Gasteiger partial charge in [0, 0.05) is 0 Å². The first-order valence-corrected chi connectivity index (χ1v) is 7.10. The third kappa shape index (κ3) is 3.80. The zero-order chi connectivity index (χ0) is 15.2. The van der Waals surface area contributed by atoms with Crippen molar-refractivity contribution < 1.29 is 9.13 Å². The molecule has 112 valence electrons. The fraction of sp³-hybridized carbons (Fsp3) is 0.294. The molecular formula is C17H21FN2O. The van der Waals surface area contributed by atoms with E-state index in [4.69, 9.17) is 10.6 Å². The minimum atomic E-state index is -0.265. The SMILES string of the molecule is CCCOc1ccc(C(NN)c2cc(F)ccc2C)cc1. The Morgan fingerprint density at radius 1 is 1.19 bits per heavy atom. The van der Waals surface area contributed by atoms with Gasteiger partial charge in [-0.2, -0.15) is 0 Å². The number of nitrogens with one attached hydrogen (secondary N) is 1. The molecule has 4 heteroatoms. The molecule has 0 aromatic heterocycles. The molecule has 0 aliphatic rings. The monoisotopic (exact) mass is 288 g/mol. The van der Waals surface area contributed by atoms with E-state index in [1.54, 1.807) is 6.07 Å². The summed E-state index contributed by atoms with van der Waals surface area (Å²) in [4.78, 5) is 0. The molecule has 0 aliphatic carbocycles. The van der Waals surface area contributed by atoms with Crippen molar-refractivity contribution in [3.63, 3.8) is 0 Å². The second-order valence-corrected chi connectivity index (χ2v) is 5.02. The molecule has 3 N–H and O–H groups in total. The average Bonchev–Trinajstić information content (AvgIpc) is 2.50. The summed E-state index contributed by atoms with van der Waals surface area (Å²) < 4.78 is 19.0. The minimum absolute atomic E-state index is 0.249. The van der Waals surface area contributed by atoms with Gasteiger partial charge in [-0.05, 0) is 54.3 Å². The van der Waals surface area contributed by atoms with E-state index in [2.05, 4.69) is 12.3 Å². The predicted molar refractivity (Wildman–Crippen MR) is 82.5 cm³/mol. The molecule has 0 saturated carbocycles. The van der Waals surface area contributed by atoms with Gasteiger partial charge in [0.15, 0.2) is 0 Å². The van der Waals surface area contributed by atoms with Crippen molar-refractivity contribution in [2.24, 2.45) is 5.84 Å². The average molecular weight is 288 g/mol. The Kier molecular flexibility index (Phi) is 5.31. The number of nitrogens with two attached hydrogens (primary N) is 1. The van der Waals surface area contributed by atoms with E-state index in [9.17, 15) is 4.39 Å². The molecule has 0 amide bonds. The first-order valence-electron chi connectivity index (χ1n) is 7.10. The summed E-state index contributed by atoms with van der Waals surface area (Å²) in [7, 11) is 0. The van der Waals surface area contributed by atoms with Gasteiger partial charge in [0.25, 0.3) is 0 Å². The summed E-state index contributed by atoms with van der Waals surface area (Å²) >= 11 is 0. The molecule has 2 aromatic rings. The number of hydrogen-bond donors (Lipinski definition) is 2. The third-order valence-corrected chi connectivity index (χ3v) is 3.41. The molecule has 0 radical (unpaired) electrons. The van der Waals surface area contributed by atoms with Crippen LogP contribution in [0.4, 0.5) is 4.39 Å². The van der Waals surface area contributed by atoms with E-state index in [0.29, 0.717) is 6.61 Å². The summed E-state index contributed by atoms with van der Waals surface area (Å²) in [5.41, 5.74) is 5.55. The van der Waals surface area contributed by atoms with Gasteiger partial charge >= 0.3 is 0 Å². The lowest BCUT2D eigenvalue weighted by Crippen LogP contribution is -2.29. The lowest BCUT2D eigenvalue weighted by molar-refractivity contribution is 0.317. The number of hydrogen-bond acceptors (Lipinski definition) is 3. The Morgan fingerprint density at radius 2 is 1.90 bits per heavy atom. The maximum atomic E-state index is 13.5. The number of rotatable bonds is 6. The summed E-state index contributed by atoms with van der Waals surface area (Å²) in [5.74, 6) is 6.23. The van der Waals surface area contributed by atoms with Crippen LogP contribution >= 0.6 is 0 Å². The van der Waals surface area contributed by atoms with Gasteiger partial charge < -0.3 is 4.74 Å². The fourth-order valence-electron chi connectivity index (χ4n) is 2.26. The second-order valence-electron chi connectivity index (χ2n) is 5.02. The van der Waals surface area contributed by atoms with Crippen molar-refractivity contribution in [3.8, 4) is 5.75 Å². The van der Waals surface area contributed by atoms with E-state index >= 15 is 0 Å². The Labute approximate surface area is 124 Å². The van der Waals surface area contributed by atoms with Crippen LogP contribution in [0.2, 0.25) is 0 Å². The maximum absolute atomic E-state index is 13.5. The van der Waals surface area contributed by atoms with Crippen molar-refractivity contribution in [1.29, 1.82) is 0 Å². The second kappa shape index (κ2) is 7.20. The Morgan fingerprint density at radius 3 is 2.52 bits per heavy atom. The molecule has 0 saturated heterocycles. The smallest absolute Gasteiger partial charge is 0.123 e. The highest BCUT2D eigenvalue weighted by Gasteiger charge is 2.15. The van der Waals surface area contributed by atoms with E-state index in [-0.39, 0.29) is 11.9 Å². The van der Waals surface area contributed by atoms with E-state index in [0.717, 1.165) is 28.9 Å². The van der Waals surface area contributed by atoms with Crippen LogP contribution in [0.1, 0.15) is 36.1 Å². The summed E-state index contributed by atoms with van der Waals surface area (Å²) in [6, 6.07) is 12.2. The molecule has 2 aromatic carbocycles. The van der Waals surface area contributed by atoms with Crippen LogP contribution in [0, 0.1) is 12.7 Å². The minimum Gasteiger partial charge on any atom is -0.494 e. The number of hydrazine groups is 1. The van der Waals surface area contributed by atoms with Crippen molar-refractivity contribution >= 4 is 0 Å². The number of benzene rings is 2. The van der Waals surface area contributed by atoms with Gasteiger partial charge in [-0.25, -0.2) is 9.82 Å². The van der Waals surface area contributed by atoms with Crippen LogP contribution in [0.3, 0.4) is 0 Å². The first kappa shape index (κ1) is 15.5. The topological polar surface area (TPSA) is 47.3 Å². The highest BCUT2D eigenvalue weighted by atomic mass is 19.1. The molecule has 0 bridgehead atoms. The molecule has 1 unspecified atom stereocenters. The lowest BCUT2D eigenvalue weighted by Gasteiger charge is -2.19. The molecule has 1 atom stereocenters. The molecule has 0 aliphatic heterocycles. The number of ether oxygens (including phenoxy) is 1. The normalized spacial score (nSPS) is 12.2. The van der Waals surface area contributed by atoms with Crippen LogP contribution in [0.5, 0.6) is 5.75 Å². The van der Waals surface area contributed by atoms with E-state index in [1.165, 1.54) is 12.1 Å². The molecule has 2 rings (SSSR count). The van der Waals surface area contributed by atoms with Crippen molar-refractivity contribution in [2.75, 3.05) is 6.61 Å². The zero-order valence-corrected chi connectivity index (χ0v) is 12.4. The van der Waals surface area contributed by atoms with Crippen LogP contribution < -0.4 is 16.0 Å². The fourth-order valence-corrected chi connectivity index (χ4v) is 2.26. The summed E-state index contributed by atoms with van der Waals surface area (Å²) in [6.45, 7) is 4.70. The van der Waals surface area contributed by atoms with Gasteiger partial charge in [-0.1, -0.05) is 25.1 Å². The molecule has 0 heterocycles. The van der Waals surface area contributed by atoms with Crippen molar-refractivity contribution in [2.45, 2.75) is 26.3 Å². The maximum Gasteiger partial charge on any atom is 0.123 e. The van der Waals surface area contributed by atoms with Gasteiger partial charge in [0.2, 0.25) is 0 Å². The standard InChI is InChI=1S/C17H21FN2O/c1-3-10-21-15-8-5-13(6-9-15)17(20-19)16-11-14(18)7-4-12(16)2/h4-9,11,17,20H,3,10,19H2,1-2H3. The highest BCUT2D eigenvalue weighted by Crippen LogP contribution is 2.26. The first-order chi connectivity index (χ1) is 10.2.